The standard InChI is InChI=1S/C39H42ClN3O10/c1-49-35-14-23(32-17-34(53-43-32)24-12-25(18-44)30(21-47)26(13-24)19-45)15-36(50-2)37(35)52-10-4-3-9-51-33-8-5-22(11-27(33)20-46)38-41-31-7-6-28(40)16-29(31)39(48)42-38/h5-8,11-16,34,38,41,44-47H,3-4,9-10,17-21H2,1-2H3,(H,42,48). The number of oxime groups is 1. The first-order chi connectivity index (χ1) is 25.8. The van der Waals surface area contributed by atoms with Crippen molar-refractivity contribution in [3.8, 4) is 23.0 Å². The molecule has 2 unspecified atom stereocenters. The fourth-order valence-corrected chi connectivity index (χ4v) is 6.58. The lowest BCUT2D eigenvalue weighted by molar-refractivity contribution is 0.0853. The average molecular weight is 748 g/mol. The summed E-state index contributed by atoms with van der Waals surface area (Å²) in [6, 6.07) is 17.7. The van der Waals surface area contributed by atoms with Gasteiger partial charge in [0.25, 0.3) is 5.91 Å². The lowest BCUT2D eigenvalue weighted by Crippen LogP contribution is -2.38. The van der Waals surface area contributed by atoms with E-state index in [2.05, 4.69) is 15.8 Å². The highest BCUT2D eigenvalue weighted by Gasteiger charge is 2.28. The van der Waals surface area contributed by atoms with E-state index in [1.807, 2.05) is 6.07 Å². The van der Waals surface area contributed by atoms with Gasteiger partial charge < -0.3 is 54.8 Å². The fourth-order valence-electron chi connectivity index (χ4n) is 6.41. The summed E-state index contributed by atoms with van der Waals surface area (Å²) in [6.45, 7) is -0.352. The normalized spacial score (nSPS) is 16.2. The van der Waals surface area contributed by atoms with Crippen LogP contribution >= 0.6 is 11.6 Å². The smallest absolute Gasteiger partial charge is 0.255 e. The van der Waals surface area contributed by atoms with E-state index < -0.39 is 12.3 Å². The predicted molar refractivity (Wildman–Crippen MR) is 197 cm³/mol. The number of ether oxygens (including phenoxy) is 4. The van der Waals surface area contributed by atoms with Gasteiger partial charge in [0.2, 0.25) is 5.75 Å². The zero-order valence-electron chi connectivity index (χ0n) is 29.4. The van der Waals surface area contributed by atoms with Gasteiger partial charge in [0, 0.05) is 28.3 Å². The maximum atomic E-state index is 12.7. The Balaban J connectivity index is 1.03. The van der Waals surface area contributed by atoms with E-state index in [1.54, 1.807) is 68.8 Å². The van der Waals surface area contributed by atoms with Gasteiger partial charge >= 0.3 is 0 Å². The molecule has 2 atom stereocenters. The Morgan fingerprint density at radius 3 is 2.08 bits per heavy atom. The molecule has 13 nitrogen and oxygen atoms in total. The predicted octanol–water partition coefficient (Wildman–Crippen LogP) is 5.28. The number of nitrogens with one attached hydrogen (secondary N) is 2. The Kier molecular flexibility index (Phi) is 12.2. The van der Waals surface area contributed by atoms with E-state index in [4.69, 9.17) is 35.4 Å². The molecule has 0 radical (unpaired) electrons. The van der Waals surface area contributed by atoms with Crippen LogP contribution in [0.25, 0.3) is 0 Å². The van der Waals surface area contributed by atoms with Crippen LogP contribution < -0.4 is 29.6 Å². The van der Waals surface area contributed by atoms with Gasteiger partial charge in [0.05, 0.1) is 65.1 Å². The molecule has 280 valence electrons. The van der Waals surface area contributed by atoms with Gasteiger partial charge in [-0.05, 0) is 95.3 Å². The summed E-state index contributed by atoms with van der Waals surface area (Å²) in [6.07, 6.45) is 0.805. The Hall–Kier alpha value is -5.05. The van der Waals surface area contributed by atoms with Crippen molar-refractivity contribution in [3.63, 3.8) is 0 Å². The van der Waals surface area contributed by atoms with Crippen molar-refractivity contribution in [1.82, 2.24) is 5.32 Å². The molecule has 0 fully saturated rings. The highest BCUT2D eigenvalue weighted by Crippen LogP contribution is 2.41. The number of unbranched alkanes of at least 4 members (excludes halogenated alkanes) is 1. The first-order valence-electron chi connectivity index (χ1n) is 17.1. The molecular formula is C39H42ClN3O10. The number of carbonyl (C=O) groups excluding carboxylic acids is 1. The number of halogens is 1. The van der Waals surface area contributed by atoms with Crippen LogP contribution in [0.5, 0.6) is 23.0 Å². The summed E-state index contributed by atoms with van der Waals surface area (Å²) in [4.78, 5) is 18.4. The fraction of sp³-hybridized carbons (Fsp3) is 0.333. The number of aliphatic hydroxyl groups is 4. The van der Waals surface area contributed by atoms with Crippen LogP contribution in [-0.4, -0.2) is 59.5 Å². The van der Waals surface area contributed by atoms with Crippen LogP contribution in [0.3, 0.4) is 0 Å². The molecule has 4 aromatic rings. The molecule has 2 aliphatic rings. The monoisotopic (exact) mass is 747 g/mol. The molecule has 2 aliphatic heterocycles. The molecule has 0 aliphatic carbocycles. The van der Waals surface area contributed by atoms with Crippen LogP contribution in [-0.2, 0) is 31.3 Å². The SMILES string of the molecule is COc1cc(C2=NOC(c3cc(CO)c(CO)c(CO)c3)C2)cc(OC)c1OCCCCOc1ccc(C2NC(=O)c3cc(Cl)ccc3N2)cc1CO. The second kappa shape index (κ2) is 17.2. The molecule has 14 heteroatoms. The van der Waals surface area contributed by atoms with Crippen molar-refractivity contribution in [3.05, 3.63) is 110 Å². The van der Waals surface area contributed by atoms with E-state index in [0.717, 1.165) is 16.7 Å². The third-order valence-electron chi connectivity index (χ3n) is 9.22. The lowest BCUT2D eigenvalue weighted by atomic mass is 9.93. The minimum atomic E-state index is -0.482. The molecule has 2 heterocycles. The average Bonchev–Trinajstić information content (AvgIpc) is 3.69. The van der Waals surface area contributed by atoms with E-state index in [1.165, 1.54) is 0 Å². The second-order valence-electron chi connectivity index (χ2n) is 12.5. The Morgan fingerprint density at radius 1 is 0.774 bits per heavy atom. The number of carbonyl (C=O) groups is 1. The number of anilines is 1. The van der Waals surface area contributed by atoms with Crippen LogP contribution in [0.4, 0.5) is 5.69 Å². The van der Waals surface area contributed by atoms with Gasteiger partial charge in [-0.25, -0.2) is 0 Å². The summed E-state index contributed by atoms with van der Waals surface area (Å²) < 4.78 is 23.5. The molecule has 1 amide bonds. The van der Waals surface area contributed by atoms with Crippen molar-refractivity contribution in [2.75, 3.05) is 32.8 Å². The minimum absolute atomic E-state index is 0.235. The van der Waals surface area contributed by atoms with Crippen molar-refractivity contribution in [2.24, 2.45) is 5.16 Å². The van der Waals surface area contributed by atoms with Crippen LogP contribution in [0, 0.1) is 0 Å². The summed E-state index contributed by atoms with van der Waals surface area (Å²) >= 11 is 6.05. The molecule has 4 aromatic carbocycles. The number of amides is 1. The molecule has 53 heavy (non-hydrogen) atoms. The lowest BCUT2D eigenvalue weighted by Gasteiger charge is -2.28. The van der Waals surface area contributed by atoms with E-state index in [-0.39, 0.29) is 32.3 Å². The van der Waals surface area contributed by atoms with Crippen LogP contribution in [0.15, 0.2) is 65.8 Å². The molecular weight excluding hydrogens is 706 g/mol. The third kappa shape index (κ3) is 8.29. The number of hydrogen-bond acceptors (Lipinski definition) is 12. The number of nitrogens with zero attached hydrogens (tertiary/aromatic N) is 1. The molecule has 0 saturated carbocycles. The molecule has 0 spiro atoms. The summed E-state index contributed by atoms with van der Waals surface area (Å²) in [5.74, 6) is 1.68. The molecule has 6 rings (SSSR count). The van der Waals surface area contributed by atoms with E-state index >= 15 is 0 Å². The van der Waals surface area contributed by atoms with Gasteiger partial charge in [-0.3, -0.25) is 4.79 Å². The molecule has 0 saturated heterocycles. The van der Waals surface area contributed by atoms with Crippen molar-refractivity contribution in [1.29, 1.82) is 0 Å². The highest BCUT2D eigenvalue weighted by atomic mass is 35.5. The van der Waals surface area contributed by atoms with Gasteiger partial charge in [0.1, 0.15) is 11.9 Å². The second-order valence-corrected chi connectivity index (χ2v) is 12.9. The first kappa shape index (κ1) is 37.7. The third-order valence-corrected chi connectivity index (χ3v) is 9.46. The Bertz CT molecular complexity index is 1940. The van der Waals surface area contributed by atoms with Gasteiger partial charge in [-0.15, -0.1) is 0 Å². The molecule has 0 bridgehead atoms. The van der Waals surface area contributed by atoms with Gasteiger partial charge in [-0.2, -0.15) is 0 Å². The molecule has 0 aromatic heterocycles. The Labute approximate surface area is 311 Å². The zero-order chi connectivity index (χ0) is 37.5. The van der Waals surface area contributed by atoms with Gasteiger partial charge in [-0.1, -0.05) is 22.8 Å². The maximum Gasteiger partial charge on any atom is 0.255 e. The van der Waals surface area contributed by atoms with Crippen LogP contribution in [0.2, 0.25) is 5.02 Å². The number of fused-ring (bicyclic) bond motifs is 1. The summed E-state index contributed by atoms with van der Waals surface area (Å²) in [5, 5.41) is 50.5. The number of hydrogen-bond donors (Lipinski definition) is 6. The largest absolute Gasteiger partial charge is 0.493 e. The van der Waals surface area contributed by atoms with Crippen molar-refractivity contribution in [2.45, 2.75) is 58.0 Å². The number of aliphatic hydroxyl groups excluding tert-OH is 4. The van der Waals surface area contributed by atoms with Crippen molar-refractivity contribution >= 4 is 28.9 Å². The van der Waals surface area contributed by atoms with Crippen molar-refractivity contribution < 1.29 is 49.0 Å². The number of methoxy groups -OCH3 is 2. The highest BCUT2D eigenvalue weighted by molar-refractivity contribution is 6.31. The van der Waals surface area contributed by atoms with E-state index in [9.17, 15) is 25.2 Å². The summed E-state index contributed by atoms with van der Waals surface area (Å²) in [7, 11) is 3.09. The van der Waals surface area contributed by atoms with Crippen LogP contribution in [0.1, 0.15) is 80.8 Å². The minimum Gasteiger partial charge on any atom is -0.493 e. The zero-order valence-corrected chi connectivity index (χ0v) is 30.1. The maximum absolute atomic E-state index is 12.7. The topological polar surface area (TPSA) is 181 Å². The number of rotatable bonds is 16. The van der Waals surface area contributed by atoms with Gasteiger partial charge in [0.15, 0.2) is 17.6 Å². The molecule has 6 N–H and O–H groups in total. The quantitative estimate of drug-likeness (QED) is 0.0821. The summed E-state index contributed by atoms with van der Waals surface area (Å²) in [5.41, 5.74) is 6.17. The number of benzene rings is 4. The Morgan fingerprint density at radius 2 is 1.43 bits per heavy atom. The van der Waals surface area contributed by atoms with E-state index in [0.29, 0.717) is 99.7 Å². The first-order valence-corrected chi connectivity index (χ1v) is 17.5.